The number of benzene rings is 1. The van der Waals surface area contributed by atoms with Gasteiger partial charge in [0.15, 0.2) is 10.8 Å². The molecule has 4 aromatic heterocycles. The van der Waals surface area contributed by atoms with Crippen LogP contribution >= 0.6 is 11.3 Å². The summed E-state index contributed by atoms with van der Waals surface area (Å²) in [5.41, 5.74) is 5.69. The second kappa shape index (κ2) is 8.55. The molecule has 0 fully saturated rings. The van der Waals surface area contributed by atoms with Gasteiger partial charge < -0.3 is 0 Å². The van der Waals surface area contributed by atoms with Crippen LogP contribution in [-0.2, 0) is 0 Å². The maximum Gasteiger partial charge on any atom is 0.258 e. The van der Waals surface area contributed by atoms with Crippen LogP contribution in [0.15, 0.2) is 66.4 Å². The van der Waals surface area contributed by atoms with Crippen molar-refractivity contribution in [1.29, 1.82) is 0 Å². The fraction of sp³-hybridized carbons (Fsp3) is 0.160. The van der Waals surface area contributed by atoms with Crippen LogP contribution in [-0.4, -0.2) is 30.6 Å². The molecule has 7 nitrogen and oxygen atoms in total. The third kappa shape index (κ3) is 4.01. The molecule has 164 valence electrons. The van der Waals surface area contributed by atoms with E-state index in [1.54, 1.807) is 18.6 Å². The lowest BCUT2D eigenvalue weighted by atomic mass is 10.0. The molecule has 0 spiro atoms. The molecule has 0 aliphatic rings. The molecule has 4 heterocycles. The number of aryl methyl sites for hydroxylation is 1. The number of hydrogen-bond acceptors (Lipinski definition) is 6. The Morgan fingerprint density at radius 1 is 1.06 bits per heavy atom. The van der Waals surface area contributed by atoms with Gasteiger partial charge in [-0.3, -0.25) is 15.1 Å². The number of aromatic nitrogens is 5. The van der Waals surface area contributed by atoms with Crippen molar-refractivity contribution in [2.45, 2.75) is 26.8 Å². The van der Waals surface area contributed by atoms with Crippen LogP contribution in [0.2, 0.25) is 0 Å². The number of carbonyl (C=O) groups excluding carboxylic acids is 1. The average molecular weight is 455 g/mol. The van der Waals surface area contributed by atoms with E-state index in [1.807, 2.05) is 73.3 Å². The van der Waals surface area contributed by atoms with E-state index in [9.17, 15) is 4.79 Å². The zero-order chi connectivity index (χ0) is 22.9. The molecule has 5 rings (SSSR count). The average Bonchev–Trinajstić information content (AvgIpc) is 3.46. The number of fused-ring (bicyclic) bond motifs is 1. The van der Waals surface area contributed by atoms with E-state index in [1.165, 1.54) is 11.3 Å². The highest BCUT2D eigenvalue weighted by Crippen LogP contribution is 2.30. The molecule has 0 atom stereocenters. The van der Waals surface area contributed by atoms with Crippen LogP contribution in [0.4, 0.5) is 5.13 Å². The maximum atomic E-state index is 13.4. The van der Waals surface area contributed by atoms with Gasteiger partial charge in [0, 0.05) is 34.9 Å². The molecule has 0 bridgehead atoms. The lowest BCUT2D eigenvalue weighted by Crippen LogP contribution is -2.13. The van der Waals surface area contributed by atoms with E-state index in [0.717, 1.165) is 28.1 Å². The third-order valence-corrected chi connectivity index (χ3v) is 6.16. The highest BCUT2D eigenvalue weighted by atomic mass is 32.1. The van der Waals surface area contributed by atoms with Crippen molar-refractivity contribution in [3.63, 3.8) is 0 Å². The van der Waals surface area contributed by atoms with Crippen LogP contribution in [0.25, 0.3) is 33.5 Å². The second-order valence-electron chi connectivity index (χ2n) is 8.02. The van der Waals surface area contributed by atoms with Crippen LogP contribution < -0.4 is 5.32 Å². The van der Waals surface area contributed by atoms with E-state index < -0.39 is 0 Å². The minimum Gasteiger partial charge on any atom is -0.298 e. The molecule has 33 heavy (non-hydrogen) atoms. The summed E-state index contributed by atoms with van der Waals surface area (Å²) in [5.74, 6) is -0.243. The molecule has 5 aromatic rings. The van der Waals surface area contributed by atoms with E-state index in [-0.39, 0.29) is 11.9 Å². The number of thiazole rings is 1. The van der Waals surface area contributed by atoms with Gasteiger partial charge in [-0.15, -0.1) is 11.3 Å². The highest BCUT2D eigenvalue weighted by Gasteiger charge is 2.20. The smallest absolute Gasteiger partial charge is 0.258 e. The fourth-order valence-electron chi connectivity index (χ4n) is 3.72. The Labute approximate surface area is 195 Å². The number of nitrogens with one attached hydrogen (secondary N) is 1. The Morgan fingerprint density at radius 2 is 1.91 bits per heavy atom. The molecule has 0 radical (unpaired) electrons. The Balaban J connectivity index is 1.56. The van der Waals surface area contributed by atoms with Gasteiger partial charge in [-0.1, -0.05) is 24.3 Å². The van der Waals surface area contributed by atoms with Gasteiger partial charge in [-0.25, -0.2) is 14.6 Å². The predicted molar refractivity (Wildman–Crippen MR) is 131 cm³/mol. The van der Waals surface area contributed by atoms with Crippen molar-refractivity contribution < 1.29 is 4.79 Å². The molecule has 0 aliphatic heterocycles. The van der Waals surface area contributed by atoms with Gasteiger partial charge in [-0.05, 0) is 44.5 Å². The monoisotopic (exact) mass is 454 g/mol. The molecular weight excluding hydrogens is 432 g/mol. The Kier molecular flexibility index (Phi) is 5.43. The van der Waals surface area contributed by atoms with Crippen molar-refractivity contribution in [3.8, 4) is 22.5 Å². The largest absolute Gasteiger partial charge is 0.298 e. The molecule has 8 heteroatoms. The van der Waals surface area contributed by atoms with Crippen LogP contribution in [0, 0.1) is 6.92 Å². The first-order chi connectivity index (χ1) is 16.0. The number of nitrogens with zero attached hydrogens (tertiary/aromatic N) is 5. The number of hydrogen-bond donors (Lipinski definition) is 1. The van der Waals surface area contributed by atoms with Crippen molar-refractivity contribution >= 4 is 33.4 Å². The molecule has 0 unspecified atom stereocenters. The minimum absolute atomic E-state index is 0.110. The van der Waals surface area contributed by atoms with Crippen molar-refractivity contribution in [1.82, 2.24) is 24.7 Å². The van der Waals surface area contributed by atoms with Gasteiger partial charge >= 0.3 is 0 Å². The highest BCUT2D eigenvalue weighted by molar-refractivity contribution is 7.14. The summed E-state index contributed by atoms with van der Waals surface area (Å²) >= 11 is 1.38. The van der Waals surface area contributed by atoms with Gasteiger partial charge in [0.1, 0.15) is 0 Å². The number of anilines is 1. The lowest BCUT2D eigenvalue weighted by Gasteiger charge is -2.11. The molecule has 0 saturated heterocycles. The van der Waals surface area contributed by atoms with Crippen molar-refractivity contribution in [2.75, 3.05) is 5.32 Å². The van der Waals surface area contributed by atoms with Crippen molar-refractivity contribution in [2.24, 2.45) is 0 Å². The first kappa shape index (κ1) is 21.0. The number of pyridine rings is 2. The summed E-state index contributed by atoms with van der Waals surface area (Å²) in [5, 5.41) is 10.6. The predicted octanol–water partition coefficient (Wildman–Crippen LogP) is 5.76. The summed E-state index contributed by atoms with van der Waals surface area (Å²) in [4.78, 5) is 27.0. The van der Waals surface area contributed by atoms with Gasteiger partial charge in [0.25, 0.3) is 5.91 Å². The minimum atomic E-state index is -0.243. The summed E-state index contributed by atoms with van der Waals surface area (Å²) in [6.07, 6.45) is 5.18. The first-order valence-corrected chi connectivity index (χ1v) is 11.5. The number of rotatable bonds is 5. The van der Waals surface area contributed by atoms with Crippen LogP contribution in [0.3, 0.4) is 0 Å². The van der Waals surface area contributed by atoms with E-state index in [0.29, 0.717) is 21.7 Å². The van der Waals surface area contributed by atoms with Gasteiger partial charge in [0.05, 0.1) is 28.5 Å². The fourth-order valence-corrected chi connectivity index (χ4v) is 4.44. The standard InChI is InChI=1S/C25H22N6OS/c1-15(2)31-23-20(13-27-31)19(11-21(28-23)18-9-5-4-7-16(18)3)24(32)30-25-29-22(14-33-25)17-8-6-10-26-12-17/h4-15H,1-3H3,(H,29,30,32). The summed E-state index contributed by atoms with van der Waals surface area (Å²) in [7, 11) is 0. The Morgan fingerprint density at radius 3 is 2.67 bits per heavy atom. The Bertz CT molecular complexity index is 1450. The normalized spacial score (nSPS) is 11.3. The topological polar surface area (TPSA) is 85.6 Å². The molecule has 1 N–H and O–H groups in total. The summed E-state index contributed by atoms with van der Waals surface area (Å²) < 4.78 is 1.85. The third-order valence-electron chi connectivity index (χ3n) is 5.40. The first-order valence-electron chi connectivity index (χ1n) is 10.6. The molecule has 1 amide bonds. The lowest BCUT2D eigenvalue weighted by molar-refractivity contribution is 0.102. The zero-order valence-electron chi connectivity index (χ0n) is 18.5. The van der Waals surface area contributed by atoms with E-state index in [4.69, 9.17) is 4.98 Å². The van der Waals surface area contributed by atoms with Crippen LogP contribution in [0.5, 0.6) is 0 Å². The molecule has 0 saturated carbocycles. The summed E-state index contributed by atoms with van der Waals surface area (Å²) in [6.45, 7) is 6.13. The van der Waals surface area contributed by atoms with Gasteiger partial charge in [-0.2, -0.15) is 5.10 Å². The Hall–Kier alpha value is -3.91. The molecule has 0 aliphatic carbocycles. The van der Waals surface area contributed by atoms with E-state index >= 15 is 0 Å². The quantitative estimate of drug-likeness (QED) is 0.365. The second-order valence-corrected chi connectivity index (χ2v) is 8.88. The van der Waals surface area contributed by atoms with Crippen LogP contribution in [0.1, 0.15) is 35.8 Å². The zero-order valence-corrected chi connectivity index (χ0v) is 19.3. The summed E-state index contributed by atoms with van der Waals surface area (Å²) in [6, 6.07) is 13.8. The molecule has 1 aromatic carbocycles. The number of carbonyl (C=O) groups is 1. The number of amides is 1. The molecular formula is C25H22N6OS. The SMILES string of the molecule is Cc1ccccc1-c1cc(C(=O)Nc2nc(-c3cccnc3)cs2)c2cnn(C(C)C)c2n1. The van der Waals surface area contributed by atoms with Crippen molar-refractivity contribution in [3.05, 3.63) is 77.6 Å². The van der Waals surface area contributed by atoms with E-state index in [2.05, 4.69) is 20.4 Å². The maximum absolute atomic E-state index is 13.4. The van der Waals surface area contributed by atoms with Gasteiger partial charge in [0.2, 0.25) is 0 Å².